The molecular formula is C22H18N4O4S. The average molecular weight is 434 g/mol. The number of hydrogen-bond donors (Lipinski definition) is 0. The Bertz CT molecular complexity index is 1230. The minimum Gasteiger partial charge on any atom is -0.494 e. The number of hydrogen-bond acceptors (Lipinski definition) is 7. The highest BCUT2D eigenvalue weighted by Crippen LogP contribution is 2.33. The van der Waals surface area contributed by atoms with Crippen LogP contribution in [0.1, 0.15) is 22.8 Å². The molecule has 0 fully saturated rings. The summed E-state index contributed by atoms with van der Waals surface area (Å²) in [6.07, 6.45) is 3.36. The molecule has 0 spiro atoms. The van der Waals surface area contributed by atoms with E-state index in [2.05, 4.69) is 9.97 Å². The number of anilines is 1. The number of fused-ring (bicyclic) bond motifs is 1. The van der Waals surface area contributed by atoms with E-state index >= 15 is 0 Å². The first-order valence-corrected chi connectivity index (χ1v) is 10.4. The van der Waals surface area contributed by atoms with Gasteiger partial charge >= 0.3 is 0 Å². The molecule has 0 N–H and O–H groups in total. The van der Waals surface area contributed by atoms with Crippen molar-refractivity contribution in [3.05, 3.63) is 88.2 Å². The summed E-state index contributed by atoms with van der Waals surface area (Å²) in [6, 6.07) is 14.8. The highest BCUT2D eigenvalue weighted by molar-refractivity contribution is 7.22. The maximum absolute atomic E-state index is 13.4. The lowest BCUT2D eigenvalue weighted by Crippen LogP contribution is -2.30. The zero-order valence-electron chi connectivity index (χ0n) is 16.6. The van der Waals surface area contributed by atoms with E-state index in [0.717, 1.165) is 21.5 Å². The summed E-state index contributed by atoms with van der Waals surface area (Å²) in [5.74, 6) is 0.438. The number of ether oxygens (including phenoxy) is 1. The molecule has 2 aromatic heterocycles. The summed E-state index contributed by atoms with van der Waals surface area (Å²) < 4.78 is 6.46. The average Bonchev–Trinajstić information content (AvgIpc) is 3.21. The Kier molecular flexibility index (Phi) is 5.85. The maximum Gasteiger partial charge on any atom is 0.269 e. The number of thiazole rings is 1. The van der Waals surface area contributed by atoms with E-state index in [-0.39, 0.29) is 18.1 Å². The zero-order valence-corrected chi connectivity index (χ0v) is 17.4. The zero-order chi connectivity index (χ0) is 21.8. The Morgan fingerprint density at radius 1 is 1.19 bits per heavy atom. The molecule has 0 aliphatic heterocycles. The molecule has 0 aliphatic carbocycles. The molecule has 0 saturated carbocycles. The third-order valence-electron chi connectivity index (χ3n) is 4.52. The van der Waals surface area contributed by atoms with Gasteiger partial charge in [-0.15, -0.1) is 0 Å². The van der Waals surface area contributed by atoms with E-state index in [4.69, 9.17) is 4.74 Å². The molecule has 0 aliphatic rings. The third kappa shape index (κ3) is 4.51. The van der Waals surface area contributed by atoms with Crippen LogP contribution >= 0.6 is 11.3 Å². The van der Waals surface area contributed by atoms with E-state index in [0.29, 0.717) is 17.3 Å². The summed E-state index contributed by atoms with van der Waals surface area (Å²) in [5, 5.41) is 11.5. The summed E-state index contributed by atoms with van der Waals surface area (Å²) in [5.41, 5.74) is 1.87. The molecule has 4 aromatic rings. The predicted molar refractivity (Wildman–Crippen MR) is 119 cm³/mol. The molecular weight excluding hydrogens is 416 g/mol. The number of carbonyl (C=O) groups excluding carboxylic acids is 1. The number of nitrogens with zero attached hydrogens (tertiary/aromatic N) is 4. The van der Waals surface area contributed by atoms with E-state index in [1.807, 2.05) is 31.2 Å². The second-order valence-corrected chi connectivity index (χ2v) is 7.62. The molecule has 4 rings (SSSR count). The lowest BCUT2D eigenvalue weighted by Gasteiger charge is -2.20. The van der Waals surface area contributed by atoms with Crippen LogP contribution in [-0.2, 0) is 6.54 Å². The van der Waals surface area contributed by atoms with Gasteiger partial charge in [-0.25, -0.2) is 4.98 Å². The number of aromatic nitrogens is 2. The summed E-state index contributed by atoms with van der Waals surface area (Å²) in [4.78, 5) is 34.1. The van der Waals surface area contributed by atoms with Crippen LogP contribution < -0.4 is 9.64 Å². The molecule has 0 atom stereocenters. The van der Waals surface area contributed by atoms with Crippen molar-refractivity contribution in [3.63, 3.8) is 0 Å². The Balaban J connectivity index is 1.72. The molecule has 0 bridgehead atoms. The highest BCUT2D eigenvalue weighted by Gasteiger charge is 2.22. The number of benzene rings is 2. The third-order valence-corrected chi connectivity index (χ3v) is 5.57. The van der Waals surface area contributed by atoms with Crippen LogP contribution in [0.15, 0.2) is 67.0 Å². The minimum atomic E-state index is -0.495. The first-order valence-electron chi connectivity index (χ1n) is 9.54. The van der Waals surface area contributed by atoms with Crippen molar-refractivity contribution in [2.24, 2.45) is 0 Å². The van der Waals surface area contributed by atoms with E-state index in [1.54, 1.807) is 23.4 Å². The van der Waals surface area contributed by atoms with E-state index < -0.39 is 4.92 Å². The molecule has 2 heterocycles. The van der Waals surface area contributed by atoms with Gasteiger partial charge in [-0.05, 0) is 48.9 Å². The van der Waals surface area contributed by atoms with Gasteiger partial charge in [0.1, 0.15) is 5.75 Å². The van der Waals surface area contributed by atoms with Crippen LogP contribution in [0.3, 0.4) is 0 Å². The molecule has 0 saturated heterocycles. The smallest absolute Gasteiger partial charge is 0.269 e. The fourth-order valence-corrected chi connectivity index (χ4v) is 4.04. The van der Waals surface area contributed by atoms with Crippen LogP contribution in [0.2, 0.25) is 0 Å². The fraction of sp³-hybridized carbons (Fsp3) is 0.136. The molecule has 0 radical (unpaired) electrons. The van der Waals surface area contributed by atoms with Crippen molar-refractivity contribution in [2.45, 2.75) is 13.5 Å². The number of pyridine rings is 1. The van der Waals surface area contributed by atoms with Crippen molar-refractivity contribution >= 4 is 38.3 Å². The quantitative estimate of drug-likeness (QED) is 0.305. The van der Waals surface area contributed by atoms with Crippen LogP contribution in [0, 0.1) is 10.1 Å². The lowest BCUT2D eigenvalue weighted by molar-refractivity contribution is -0.384. The van der Waals surface area contributed by atoms with Crippen LogP contribution in [0.4, 0.5) is 10.8 Å². The van der Waals surface area contributed by atoms with Crippen LogP contribution in [-0.4, -0.2) is 27.4 Å². The number of non-ortho nitro benzene ring substituents is 1. The molecule has 156 valence electrons. The second-order valence-electron chi connectivity index (χ2n) is 6.62. The van der Waals surface area contributed by atoms with Crippen molar-refractivity contribution in [1.82, 2.24) is 9.97 Å². The van der Waals surface area contributed by atoms with Crippen molar-refractivity contribution < 1.29 is 14.5 Å². The van der Waals surface area contributed by atoms with Gasteiger partial charge in [-0.1, -0.05) is 17.4 Å². The standard InChI is InChI=1S/C22H18N4O4S/c1-2-30-18-9-10-19-20(12-18)31-22(24-19)25(14-15-4-3-11-23-13-15)21(27)16-5-7-17(8-6-16)26(28)29/h3-13H,2,14H2,1H3. The molecule has 31 heavy (non-hydrogen) atoms. The van der Waals surface area contributed by atoms with Gasteiger partial charge in [0.25, 0.3) is 11.6 Å². The molecule has 0 unspecified atom stereocenters. The van der Waals surface area contributed by atoms with Crippen molar-refractivity contribution in [3.8, 4) is 5.75 Å². The first kappa shape index (κ1) is 20.4. The highest BCUT2D eigenvalue weighted by atomic mass is 32.1. The largest absolute Gasteiger partial charge is 0.494 e. The van der Waals surface area contributed by atoms with E-state index in [1.165, 1.54) is 35.6 Å². The van der Waals surface area contributed by atoms with Gasteiger partial charge in [-0.3, -0.25) is 24.8 Å². The van der Waals surface area contributed by atoms with Gasteiger partial charge in [0.15, 0.2) is 5.13 Å². The normalized spacial score (nSPS) is 10.7. The fourth-order valence-electron chi connectivity index (χ4n) is 3.05. The van der Waals surface area contributed by atoms with Crippen LogP contribution in [0.5, 0.6) is 5.75 Å². The Morgan fingerprint density at radius 2 is 2.00 bits per heavy atom. The van der Waals surface area contributed by atoms with Gasteiger partial charge < -0.3 is 4.74 Å². The van der Waals surface area contributed by atoms with Crippen LogP contribution in [0.25, 0.3) is 10.2 Å². The summed E-state index contributed by atoms with van der Waals surface area (Å²) >= 11 is 1.38. The first-order chi connectivity index (χ1) is 15.0. The van der Waals surface area contributed by atoms with Crippen molar-refractivity contribution in [2.75, 3.05) is 11.5 Å². The molecule has 9 heteroatoms. The summed E-state index contributed by atoms with van der Waals surface area (Å²) in [6.45, 7) is 2.74. The van der Waals surface area contributed by atoms with Gasteiger partial charge in [0, 0.05) is 30.1 Å². The Hall–Kier alpha value is -3.85. The number of nitro groups is 1. The monoisotopic (exact) mass is 434 g/mol. The van der Waals surface area contributed by atoms with E-state index in [9.17, 15) is 14.9 Å². The predicted octanol–water partition coefficient (Wildman–Crippen LogP) is 4.85. The SMILES string of the molecule is CCOc1ccc2nc(N(Cc3cccnc3)C(=O)c3ccc([N+](=O)[O-])cc3)sc2c1. The maximum atomic E-state index is 13.4. The molecule has 1 amide bonds. The van der Waals surface area contributed by atoms with Gasteiger partial charge in [0.2, 0.25) is 0 Å². The number of carbonyl (C=O) groups is 1. The molecule has 2 aromatic carbocycles. The number of rotatable bonds is 7. The number of nitro benzene ring substituents is 1. The topological polar surface area (TPSA) is 98.5 Å². The minimum absolute atomic E-state index is 0.0706. The van der Waals surface area contributed by atoms with Gasteiger partial charge in [-0.2, -0.15) is 0 Å². The van der Waals surface area contributed by atoms with Gasteiger partial charge in [0.05, 0.1) is 28.3 Å². The second kappa shape index (κ2) is 8.88. The molecule has 8 nitrogen and oxygen atoms in total. The number of amides is 1. The Labute approximate surface area is 181 Å². The Morgan fingerprint density at radius 3 is 2.68 bits per heavy atom. The van der Waals surface area contributed by atoms with Crippen molar-refractivity contribution in [1.29, 1.82) is 0 Å². The lowest BCUT2D eigenvalue weighted by atomic mass is 10.1. The summed E-state index contributed by atoms with van der Waals surface area (Å²) in [7, 11) is 0.